The van der Waals surface area contributed by atoms with Crippen molar-refractivity contribution in [2.24, 2.45) is 5.92 Å². The number of hydrogen-bond acceptors (Lipinski definition) is 4. The van der Waals surface area contributed by atoms with Crippen LogP contribution in [0.15, 0.2) is 30.5 Å². The van der Waals surface area contributed by atoms with Crippen LogP contribution in [0, 0.1) is 5.92 Å². The van der Waals surface area contributed by atoms with Crippen molar-refractivity contribution in [3.05, 3.63) is 30.5 Å². The van der Waals surface area contributed by atoms with Crippen LogP contribution in [-0.2, 0) is 4.79 Å². The average molecular weight is 286 g/mol. The number of benzene rings is 1. The van der Waals surface area contributed by atoms with Crippen LogP contribution in [0.25, 0.3) is 10.8 Å². The Morgan fingerprint density at radius 2 is 2.19 bits per heavy atom. The maximum atomic E-state index is 11.3. The Labute approximate surface area is 123 Å². The SMILES string of the molecule is COc1cccc2c(N3CCC(C(=O)O)C3C)nccc12. The number of anilines is 1. The normalized spacial score (nSPS) is 21.7. The van der Waals surface area contributed by atoms with Crippen LogP contribution in [-0.4, -0.2) is 35.8 Å². The number of aromatic nitrogens is 1. The molecule has 110 valence electrons. The molecule has 2 heterocycles. The summed E-state index contributed by atoms with van der Waals surface area (Å²) in [5.74, 6) is 0.566. The largest absolute Gasteiger partial charge is 0.496 e. The minimum Gasteiger partial charge on any atom is -0.496 e. The topological polar surface area (TPSA) is 62.7 Å². The molecule has 1 aliphatic heterocycles. The Hall–Kier alpha value is -2.30. The summed E-state index contributed by atoms with van der Waals surface area (Å²) in [6.45, 7) is 2.66. The van der Waals surface area contributed by atoms with Gasteiger partial charge in [-0.3, -0.25) is 4.79 Å². The van der Waals surface area contributed by atoms with Crippen LogP contribution in [0.3, 0.4) is 0 Å². The second-order valence-electron chi connectivity index (χ2n) is 5.36. The van der Waals surface area contributed by atoms with Gasteiger partial charge >= 0.3 is 5.97 Å². The highest BCUT2D eigenvalue weighted by Crippen LogP contribution is 2.35. The molecule has 21 heavy (non-hydrogen) atoms. The summed E-state index contributed by atoms with van der Waals surface area (Å²) < 4.78 is 5.39. The molecule has 2 aromatic rings. The van der Waals surface area contributed by atoms with Crippen LogP contribution in [0.1, 0.15) is 13.3 Å². The van der Waals surface area contributed by atoms with Gasteiger partial charge in [0.2, 0.25) is 0 Å². The predicted molar refractivity (Wildman–Crippen MR) is 80.8 cm³/mol. The highest BCUT2D eigenvalue weighted by atomic mass is 16.5. The molecular weight excluding hydrogens is 268 g/mol. The zero-order valence-corrected chi connectivity index (χ0v) is 12.1. The van der Waals surface area contributed by atoms with Gasteiger partial charge < -0.3 is 14.7 Å². The van der Waals surface area contributed by atoms with Gasteiger partial charge in [0.25, 0.3) is 0 Å². The van der Waals surface area contributed by atoms with Crippen molar-refractivity contribution in [3.63, 3.8) is 0 Å². The Morgan fingerprint density at radius 3 is 2.86 bits per heavy atom. The third-order valence-corrected chi connectivity index (χ3v) is 4.31. The van der Waals surface area contributed by atoms with E-state index in [0.29, 0.717) is 13.0 Å². The van der Waals surface area contributed by atoms with E-state index >= 15 is 0 Å². The molecule has 0 radical (unpaired) electrons. The third kappa shape index (κ3) is 2.18. The lowest BCUT2D eigenvalue weighted by Gasteiger charge is -2.25. The molecule has 2 unspecified atom stereocenters. The summed E-state index contributed by atoms with van der Waals surface area (Å²) in [4.78, 5) is 17.9. The lowest BCUT2D eigenvalue weighted by atomic mass is 10.0. The number of nitrogens with zero attached hydrogens (tertiary/aromatic N) is 2. The van der Waals surface area contributed by atoms with Crippen molar-refractivity contribution in [2.45, 2.75) is 19.4 Å². The first kappa shape index (κ1) is 13.7. The number of carboxylic acid groups (broad SMARTS) is 1. The lowest BCUT2D eigenvalue weighted by molar-refractivity contribution is -0.141. The summed E-state index contributed by atoms with van der Waals surface area (Å²) in [5, 5.41) is 11.3. The second kappa shape index (κ2) is 5.24. The standard InChI is InChI=1S/C16H18N2O3/c1-10-11(16(19)20)7-9-18(10)15-13-4-3-5-14(21-2)12(13)6-8-17-15/h3-6,8,10-11H,7,9H2,1-2H3,(H,19,20). The van der Waals surface area contributed by atoms with Crippen LogP contribution in [0.4, 0.5) is 5.82 Å². The fourth-order valence-electron chi connectivity index (χ4n) is 3.14. The van der Waals surface area contributed by atoms with Crippen molar-refractivity contribution in [1.29, 1.82) is 0 Å². The molecule has 3 rings (SSSR count). The minimum absolute atomic E-state index is 0.0631. The molecule has 1 aromatic carbocycles. The molecule has 0 amide bonds. The van der Waals surface area contributed by atoms with Gasteiger partial charge in [-0.1, -0.05) is 12.1 Å². The number of methoxy groups -OCH3 is 1. The quantitative estimate of drug-likeness (QED) is 0.939. The molecule has 2 atom stereocenters. The fourth-order valence-corrected chi connectivity index (χ4v) is 3.14. The van der Waals surface area contributed by atoms with Gasteiger partial charge in [-0.15, -0.1) is 0 Å². The molecule has 0 spiro atoms. The van der Waals surface area contributed by atoms with Crippen LogP contribution in [0.5, 0.6) is 5.75 Å². The Morgan fingerprint density at radius 1 is 1.38 bits per heavy atom. The van der Waals surface area contributed by atoms with E-state index in [-0.39, 0.29) is 12.0 Å². The Bertz CT molecular complexity index is 686. The minimum atomic E-state index is -0.734. The van der Waals surface area contributed by atoms with E-state index in [9.17, 15) is 9.90 Å². The van der Waals surface area contributed by atoms with Crippen molar-refractivity contribution in [3.8, 4) is 5.75 Å². The molecule has 0 saturated carbocycles. The summed E-state index contributed by atoms with van der Waals surface area (Å²) in [5.41, 5.74) is 0. The highest BCUT2D eigenvalue weighted by Gasteiger charge is 2.36. The molecule has 5 heteroatoms. The zero-order valence-electron chi connectivity index (χ0n) is 12.1. The molecule has 1 N–H and O–H groups in total. The van der Waals surface area contributed by atoms with Crippen molar-refractivity contribution in [1.82, 2.24) is 4.98 Å². The summed E-state index contributed by atoms with van der Waals surface area (Å²) in [6.07, 6.45) is 2.40. The van der Waals surface area contributed by atoms with E-state index in [1.807, 2.05) is 31.2 Å². The van der Waals surface area contributed by atoms with Gasteiger partial charge in [-0.25, -0.2) is 4.98 Å². The second-order valence-corrected chi connectivity index (χ2v) is 5.36. The Balaban J connectivity index is 2.08. The van der Waals surface area contributed by atoms with Crippen LogP contribution < -0.4 is 9.64 Å². The third-order valence-electron chi connectivity index (χ3n) is 4.31. The van der Waals surface area contributed by atoms with Gasteiger partial charge in [0.15, 0.2) is 0 Å². The molecule has 0 bridgehead atoms. The number of rotatable bonds is 3. The molecule has 1 fully saturated rings. The van der Waals surface area contributed by atoms with Gasteiger partial charge in [0.05, 0.1) is 13.0 Å². The van der Waals surface area contributed by atoms with Gasteiger partial charge in [0, 0.05) is 29.6 Å². The van der Waals surface area contributed by atoms with Crippen molar-refractivity contribution < 1.29 is 14.6 Å². The van der Waals surface area contributed by atoms with Gasteiger partial charge in [0.1, 0.15) is 11.6 Å². The fraction of sp³-hybridized carbons (Fsp3) is 0.375. The lowest BCUT2D eigenvalue weighted by Crippen LogP contribution is -2.33. The first-order valence-electron chi connectivity index (χ1n) is 7.04. The molecule has 5 nitrogen and oxygen atoms in total. The first-order valence-corrected chi connectivity index (χ1v) is 7.04. The number of pyridine rings is 1. The smallest absolute Gasteiger partial charge is 0.308 e. The van der Waals surface area contributed by atoms with Crippen molar-refractivity contribution in [2.75, 3.05) is 18.6 Å². The summed E-state index contributed by atoms with van der Waals surface area (Å²) >= 11 is 0. The summed E-state index contributed by atoms with van der Waals surface area (Å²) in [6, 6.07) is 7.71. The molecule has 1 aliphatic rings. The van der Waals surface area contributed by atoms with Gasteiger partial charge in [-0.2, -0.15) is 0 Å². The maximum Gasteiger partial charge on any atom is 0.308 e. The number of hydrogen-bond donors (Lipinski definition) is 1. The van der Waals surface area contributed by atoms with E-state index in [1.165, 1.54) is 0 Å². The van der Waals surface area contributed by atoms with Crippen LogP contribution >= 0.6 is 0 Å². The van der Waals surface area contributed by atoms with E-state index in [0.717, 1.165) is 22.3 Å². The van der Waals surface area contributed by atoms with E-state index in [4.69, 9.17) is 4.74 Å². The molecule has 1 aromatic heterocycles. The van der Waals surface area contributed by atoms with Crippen molar-refractivity contribution >= 4 is 22.6 Å². The maximum absolute atomic E-state index is 11.3. The number of carboxylic acids is 1. The summed E-state index contributed by atoms with van der Waals surface area (Å²) in [7, 11) is 1.65. The van der Waals surface area contributed by atoms with E-state index in [1.54, 1.807) is 13.3 Å². The Kier molecular flexibility index (Phi) is 3.41. The molecular formula is C16H18N2O3. The number of carbonyl (C=O) groups is 1. The highest BCUT2D eigenvalue weighted by molar-refractivity contribution is 5.96. The average Bonchev–Trinajstić information content (AvgIpc) is 2.87. The first-order chi connectivity index (χ1) is 10.1. The van der Waals surface area contributed by atoms with Gasteiger partial charge in [-0.05, 0) is 25.5 Å². The number of ether oxygens (including phenoxy) is 1. The molecule has 1 saturated heterocycles. The zero-order chi connectivity index (χ0) is 15.0. The number of fused-ring (bicyclic) bond motifs is 1. The number of aliphatic carboxylic acids is 1. The van der Waals surface area contributed by atoms with Crippen LogP contribution in [0.2, 0.25) is 0 Å². The van der Waals surface area contributed by atoms with E-state index in [2.05, 4.69) is 9.88 Å². The predicted octanol–water partition coefficient (Wildman–Crippen LogP) is 2.54. The molecule has 0 aliphatic carbocycles. The van der Waals surface area contributed by atoms with E-state index < -0.39 is 5.97 Å². The monoisotopic (exact) mass is 286 g/mol.